The van der Waals surface area contributed by atoms with Crippen LogP contribution in [-0.2, 0) is 6.42 Å². The molecule has 0 aliphatic rings. The first-order valence-corrected chi connectivity index (χ1v) is 7.18. The number of aryl methyl sites for hydroxylation is 1. The van der Waals surface area contributed by atoms with Gasteiger partial charge in [0, 0.05) is 12.0 Å². The van der Waals surface area contributed by atoms with Crippen molar-refractivity contribution in [3.05, 3.63) is 40.4 Å². The number of unbranched alkanes of at least 4 members (excludes halogenated alkanes) is 1. The SMILES string of the molecule is CCCCc1nnc(NC(=O)c2ccc(C#N)cc2)s1. The van der Waals surface area contributed by atoms with Crippen molar-refractivity contribution in [2.45, 2.75) is 26.2 Å². The zero-order valence-corrected chi connectivity index (χ0v) is 11.9. The van der Waals surface area contributed by atoms with E-state index in [4.69, 9.17) is 5.26 Å². The Morgan fingerprint density at radius 2 is 2.10 bits per heavy atom. The number of rotatable bonds is 5. The number of nitriles is 1. The highest BCUT2D eigenvalue weighted by Crippen LogP contribution is 2.18. The molecule has 1 heterocycles. The highest BCUT2D eigenvalue weighted by molar-refractivity contribution is 7.15. The van der Waals surface area contributed by atoms with E-state index in [9.17, 15) is 4.79 Å². The van der Waals surface area contributed by atoms with E-state index in [1.54, 1.807) is 24.3 Å². The van der Waals surface area contributed by atoms with Crippen LogP contribution in [0.2, 0.25) is 0 Å². The lowest BCUT2D eigenvalue weighted by molar-refractivity contribution is 0.102. The van der Waals surface area contributed by atoms with Gasteiger partial charge >= 0.3 is 0 Å². The maximum Gasteiger partial charge on any atom is 0.257 e. The summed E-state index contributed by atoms with van der Waals surface area (Å²) in [4.78, 5) is 12.0. The van der Waals surface area contributed by atoms with Crippen molar-refractivity contribution in [1.82, 2.24) is 10.2 Å². The van der Waals surface area contributed by atoms with Crippen molar-refractivity contribution in [2.75, 3.05) is 5.32 Å². The van der Waals surface area contributed by atoms with E-state index in [1.165, 1.54) is 11.3 Å². The van der Waals surface area contributed by atoms with Crippen molar-refractivity contribution in [1.29, 1.82) is 5.26 Å². The number of amides is 1. The molecule has 1 N–H and O–H groups in total. The average Bonchev–Trinajstić information content (AvgIpc) is 2.92. The fourth-order valence-corrected chi connectivity index (χ4v) is 2.38. The number of carbonyl (C=O) groups excluding carboxylic acids is 1. The van der Waals surface area contributed by atoms with E-state index in [2.05, 4.69) is 22.4 Å². The number of nitrogens with zero attached hydrogens (tertiary/aromatic N) is 3. The van der Waals surface area contributed by atoms with E-state index in [1.807, 2.05) is 6.07 Å². The number of hydrogen-bond acceptors (Lipinski definition) is 5. The maximum atomic E-state index is 12.0. The molecule has 0 aliphatic heterocycles. The Kier molecular flexibility index (Phi) is 4.80. The molecule has 0 radical (unpaired) electrons. The number of benzene rings is 1. The van der Waals surface area contributed by atoms with E-state index < -0.39 is 0 Å². The fraction of sp³-hybridized carbons (Fsp3) is 0.286. The molecular weight excluding hydrogens is 272 g/mol. The Morgan fingerprint density at radius 3 is 2.75 bits per heavy atom. The molecule has 0 saturated heterocycles. The average molecular weight is 286 g/mol. The number of hydrogen-bond donors (Lipinski definition) is 1. The Morgan fingerprint density at radius 1 is 1.35 bits per heavy atom. The molecule has 1 aromatic carbocycles. The predicted molar refractivity (Wildman–Crippen MR) is 77.6 cm³/mol. The Labute approximate surface area is 121 Å². The lowest BCUT2D eigenvalue weighted by Gasteiger charge is -2.00. The van der Waals surface area contributed by atoms with Crippen LogP contribution >= 0.6 is 11.3 Å². The van der Waals surface area contributed by atoms with E-state index in [-0.39, 0.29) is 5.91 Å². The summed E-state index contributed by atoms with van der Waals surface area (Å²) in [5, 5.41) is 20.9. The zero-order chi connectivity index (χ0) is 14.4. The van der Waals surface area contributed by atoms with Crippen molar-refractivity contribution in [2.24, 2.45) is 0 Å². The normalized spacial score (nSPS) is 10.0. The van der Waals surface area contributed by atoms with Gasteiger partial charge in [0.1, 0.15) is 5.01 Å². The Hall–Kier alpha value is -2.26. The zero-order valence-electron chi connectivity index (χ0n) is 11.1. The molecule has 6 heteroatoms. The molecule has 0 unspecified atom stereocenters. The van der Waals surface area contributed by atoms with Gasteiger partial charge in [-0.2, -0.15) is 5.26 Å². The van der Waals surface area contributed by atoms with Gasteiger partial charge in [-0.15, -0.1) is 10.2 Å². The molecule has 0 saturated carbocycles. The van der Waals surface area contributed by atoms with Crippen molar-refractivity contribution in [3.63, 3.8) is 0 Å². The van der Waals surface area contributed by atoms with Crippen LogP contribution in [-0.4, -0.2) is 16.1 Å². The first kappa shape index (κ1) is 14.2. The third-order valence-corrected chi connectivity index (χ3v) is 3.61. The quantitative estimate of drug-likeness (QED) is 0.916. The number of anilines is 1. The summed E-state index contributed by atoms with van der Waals surface area (Å²) in [5.41, 5.74) is 1.02. The molecule has 0 bridgehead atoms. The largest absolute Gasteiger partial charge is 0.296 e. The smallest absolute Gasteiger partial charge is 0.257 e. The molecule has 5 nitrogen and oxygen atoms in total. The maximum absolute atomic E-state index is 12.0. The van der Waals surface area contributed by atoms with Gasteiger partial charge in [0.2, 0.25) is 5.13 Å². The summed E-state index contributed by atoms with van der Waals surface area (Å²) < 4.78 is 0. The van der Waals surface area contributed by atoms with Crippen LogP contribution in [0.5, 0.6) is 0 Å². The summed E-state index contributed by atoms with van der Waals surface area (Å²) in [6.45, 7) is 2.12. The van der Waals surface area contributed by atoms with Gasteiger partial charge < -0.3 is 0 Å². The lowest BCUT2D eigenvalue weighted by atomic mass is 10.1. The second-order valence-corrected chi connectivity index (χ2v) is 5.31. The summed E-state index contributed by atoms with van der Waals surface area (Å²) in [5.74, 6) is -0.243. The summed E-state index contributed by atoms with van der Waals surface area (Å²) in [7, 11) is 0. The minimum atomic E-state index is -0.243. The lowest BCUT2D eigenvalue weighted by Crippen LogP contribution is -2.11. The summed E-state index contributed by atoms with van der Waals surface area (Å²) in [6.07, 6.45) is 3.06. The van der Waals surface area contributed by atoms with E-state index in [0.29, 0.717) is 16.3 Å². The van der Waals surface area contributed by atoms with Gasteiger partial charge in [-0.3, -0.25) is 10.1 Å². The Bertz CT molecular complexity index is 627. The minimum Gasteiger partial charge on any atom is -0.296 e. The van der Waals surface area contributed by atoms with E-state index in [0.717, 1.165) is 24.3 Å². The van der Waals surface area contributed by atoms with Gasteiger partial charge in [-0.05, 0) is 30.7 Å². The van der Waals surface area contributed by atoms with Crippen LogP contribution in [0.3, 0.4) is 0 Å². The van der Waals surface area contributed by atoms with Gasteiger partial charge in [0.25, 0.3) is 5.91 Å². The van der Waals surface area contributed by atoms with Gasteiger partial charge in [-0.25, -0.2) is 0 Å². The highest BCUT2D eigenvalue weighted by Gasteiger charge is 2.10. The molecule has 0 aliphatic carbocycles. The molecule has 2 aromatic rings. The number of aromatic nitrogens is 2. The third kappa shape index (κ3) is 3.62. The summed E-state index contributed by atoms with van der Waals surface area (Å²) in [6, 6.07) is 8.48. The van der Waals surface area contributed by atoms with Crippen LogP contribution in [0.4, 0.5) is 5.13 Å². The standard InChI is InChI=1S/C14H14N4OS/c1-2-3-4-12-17-18-14(20-12)16-13(19)11-7-5-10(9-15)6-8-11/h5-8H,2-4H2,1H3,(H,16,18,19). The predicted octanol–water partition coefficient (Wildman–Crippen LogP) is 3.00. The molecule has 0 atom stereocenters. The van der Waals surface area contributed by atoms with Crippen LogP contribution in [0.1, 0.15) is 40.7 Å². The molecule has 20 heavy (non-hydrogen) atoms. The monoisotopic (exact) mass is 286 g/mol. The van der Waals surface area contributed by atoms with Crippen LogP contribution in [0, 0.1) is 11.3 Å². The Balaban J connectivity index is 2.00. The topological polar surface area (TPSA) is 78.7 Å². The van der Waals surface area contributed by atoms with Gasteiger partial charge in [-0.1, -0.05) is 24.7 Å². The second kappa shape index (κ2) is 6.78. The molecule has 1 amide bonds. The molecular formula is C14H14N4OS. The van der Waals surface area contributed by atoms with Crippen LogP contribution < -0.4 is 5.32 Å². The van der Waals surface area contributed by atoms with Crippen LogP contribution in [0.15, 0.2) is 24.3 Å². The first-order valence-electron chi connectivity index (χ1n) is 6.37. The number of nitrogens with one attached hydrogen (secondary N) is 1. The second-order valence-electron chi connectivity index (χ2n) is 4.25. The van der Waals surface area contributed by atoms with Crippen molar-refractivity contribution in [3.8, 4) is 6.07 Å². The molecule has 1 aromatic heterocycles. The summed E-state index contributed by atoms with van der Waals surface area (Å²) >= 11 is 1.40. The third-order valence-electron chi connectivity index (χ3n) is 2.71. The minimum absolute atomic E-state index is 0.243. The molecule has 0 fully saturated rings. The van der Waals surface area contributed by atoms with Gasteiger partial charge in [0.05, 0.1) is 11.6 Å². The van der Waals surface area contributed by atoms with Crippen molar-refractivity contribution >= 4 is 22.4 Å². The fourth-order valence-electron chi connectivity index (χ4n) is 1.60. The van der Waals surface area contributed by atoms with E-state index >= 15 is 0 Å². The van der Waals surface area contributed by atoms with Crippen LogP contribution in [0.25, 0.3) is 0 Å². The van der Waals surface area contributed by atoms with Gasteiger partial charge in [0.15, 0.2) is 0 Å². The first-order chi connectivity index (χ1) is 9.72. The highest BCUT2D eigenvalue weighted by atomic mass is 32.1. The van der Waals surface area contributed by atoms with Crippen molar-refractivity contribution < 1.29 is 4.79 Å². The molecule has 102 valence electrons. The molecule has 0 spiro atoms. The molecule has 2 rings (SSSR count). The number of carbonyl (C=O) groups is 1.